The van der Waals surface area contributed by atoms with E-state index in [1.165, 1.54) is 39.7 Å². The van der Waals surface area contributed by atoms with Gasteiger partial charge in [-0.2, -0.15) is 4.79 Å². The van der Waals surface area contributed by atoms with E-state index < -0.39 is 0 Å². The van der Waals surface area contributed by atoms with Crippen LogP contribution in [-0.2, 0) is 14.1 Å². The average molecular weight is 319 g/mol. The van der Waals surface area contributed by atoms with Gasteiger partial charge < -0.3 is 4.42 Å². The summed E-state index contributed by atoms with van der Waals surface area (Å²) in [6.07, 6.45) is 1.45. The summed E-state index contributed by atoms with van der Waals surface area (Å²) < 4.78 is 7.84. The third kappa shape index (κ3) is 2.52. The second kappa shape index (κ2) is 5.19. The van der Waals surface area contributed by atoms with Crippen LogP contribution in [0.15, 0.2) is 26.6 Å². The smallest absolute Gasteiger partial charge is 0.460 e. The maximum absolute atomic E-state index is 11.6. The van der Waals surface area contributed by atoms with Crippen LogP contribution in [-0.4, -0.2) is 50.9 Å². The average Bonchev–Trinajstić information content (AvgIpc) is 2.99. The Morgan fingerprint density at radius 1 is 1.26 bits per heavy atom. The molecule has 0 aliphatic carbocycles. The number of aryl methyl sites for hydroxylation is 2. The van der Waals surface area contributed by atoms with E-state index in [0.717, 1.165) is 0 Å². The van der Waals surface area contributed by atoms with E-state index in [1.807, 2.05) is 0 Å². The Morgan fingerprint density at radius 2 is 2.00 bits per heavy atom. The lowest BCUT2D eigenvalue weighted by Gasteiger charge is -2.28. The lowest BCUT2D eigenvalue weighted by atomic mass is 10.3. The quantitative estimate of drug-likeness (QED) is 0.669. The van der Waals surface area contributed by atoms with E-state index >= 15 is 0 Å². The minimum absolute atomic E-state index is 0.297. The Labute approximate surface area is 130 Å². The van der Waals surface area contributed by atoms with Crippen LogP contribution in [0.2, 0.25) is 0 Å². The Bertz CT molecular complexity index is 841. The van der Waals surface area contributed by atoms with Crippen LogP contribution in [0.25, 0.3) is 11.4 Å². The highest BCUT2D eigenvalue weighted by Gasteiger charge is 2.25. The zero-order valence-corrected chi connectivity index (χ0v) is 13.0. The summed E-state index contributed by atoms with van der Waals surface area (Å²) in [7, 11) is 6.20. The minimum atomic E-state index is -0.336. The predicted octanol–water partition coefficient (Wildman–Crippen LogP) is -1.58. The summed E-state index contributed by atoms with van der Waals surface area (Å²) in [5, 5.41) is 14.7. The Balaban J connectivity index is 1.97. The van der Waals surface area contributed by atoms with Crippen molar-refractivity contribution in [1.82, 2.24) is 30.3 Å². The molecule has 0 aromatic carbocycles. The van der Waals surface area contributed by atoms with Gasteiger partial charge in [-0.1, -0.05) is 19.6 Å². The van der Waals surface area contributed by atoms with Gasteiger partial charge in [0.1, 0.15) is 20.4 Å². The molecule has 1 aliphatic heterocycles. The van der Waals surface area contributed by atoms with Crippen molar-refractivity contribution in [3.05, 3.63) is 28.6 Å². The standard InChI is InChI=1S/C12H15N8O3/c1-17-11(21)18(2)14-9(13-17)7-5-8(23-6-7)10-15-19(3)12(22)20(4)16-10/h5-6H,1-4H3,(H,15,16)/q+1. The first-order valence-corrected chi connectivity index (χ1v) is 6.64. The van der Waals surface area contributed by atoms with Gasteiger partial charge in [-0.3, -0.25) is 5.43 Å². The molecule has 0 bridgehead atoms. The summed E-state index contributed by atoms with van der Waals surface area (Å²) in [6.45, 7) is 0. The van der Waals surface area contributed by atoms with Gasteiger partial charge in [-0.15, -0.1) is 5.10 Å². The topological polar surface area (TPSA) is 113 Å². The number of urea groups is 1. The SMILES string of the molecule is CN1N=C(c2cc(-c3nn(C)c(=O)[n+](C)n3)co2)NN(C)C1=O. The molecule has 11 heteroatoms. The van der Waals surface area contributed by atoms with E-state index in [0.29, 0.717) is 23.0 Å². The summed E-state index contributed by atoms with van der Waals surface area (Å²) >= 11 is 0. The van der Waals surface area contributed by atoms with E-state index in [2.05, 4.69) is 20.7 Å². The maximum atomic E-state index is 11.6. The van der Waals surface area contributed by atoms with Gasteiger partial charge in [-0.25, -0.2) is 14.8 Å². The van der Waals surface area contributed by atoms with Gasteiger partial charge in [-0.05, 0) is 6.07 Å². The van der Waals surface area contributed by atoms with E-state index in [-0.39, 0.29) is 11.7 Å². The zero-order chi connectivity index (χ0) is 16.7. The van der Waals surface area contributed by atoms with E-state index in [1.54, 1.807) is 20.2 Å². The first-order valence-electron chi connectivity index (χ1n) is 6.64. The number of nitrogens with zero attached hydrogens (tertiary/aromatic N) is 7. The van der Waals surface area contributed by atoms with Crippen molar-refractivity contribution in [2.75, 3.05) is 14.1 Å². The molecule has 2 amide bonds. The molecule has 0 unspecified atom stereocenters. The summed E-state index contributed by atoms with van der Waals surface area (Å²) in [5.74, 6) is 1.11. The fraction of sp³-hybridized carbons (Fsp3) is 0.333. The molecule has 0 saturated carbocycles. The van der Waals surface area contributed by atoms with Crippen LogP contribution in [0.4, 0.5) is 4.79 Å². The molecule has 1 N–H and O–H groups in total. The number of hydrazine groups is 1. The van der Waals surface area contributed by atoms with Gasteiger partial charge in [0.2, 0.25) is 11.7 Å². The Kier molecular flexibility index (Phi) is 3.32. The van der Waals surface area contributed by atoms with Gasteiger partial charge in [0, 0.05) is 14.1 Å². The monoisotopic (exact) mass is 319 g/mol. The Hall–Kier alpha value is -3.24. The number of hydrogen-bond acceptors (Lipinski definition) is 7. The summed E-state index contributed by atoms with van der Waals surface area (Å²) in [5.41, 5.74) is 3.05. The van der Waals surface area contributed by atoms with E-state index in [9.17, 15) is 9.59 Å². The fourth-order valence-corrected chi connectivity index (χ4v) is 2.04. The number of rotatable bonds is 2. The lowest BCUT2D eigenvalue weighted by molar-refractivity contribution is -0.749. The van der Waals surface area contributed by atoms with Crippen molar-refractivity contribution >= 4 is 11.9 Å². The molecule has 120 valence electrons. The van der Waals surface area contributed by atoms with Crippen LogP contribution >= 0.6 is 0 Å². The maximum Gasteiger partial charge on any atom is 0.539 e. The molecular formula is C12H15N8O3+. The first kappa shape index (κ1) is 14.7. The molecule has 2 aromatic heterocycles. The summed E-state index contributed by atoms with van der Waals surface area (Å²) in [4.78, 5) is 23.2. The summed E-state index contributed by atoms with van der Waals surface area (Å²) in [6, 6.07) is 1.37. The lowest BCUT2D eigenvalue weighted by Crippen LogP contribution is -2.54. The van der Waals surface area contributed by atoms with Crippen LogP contribution in [0, 0.1) is 0 Å². The van der Waals surface area contributed by atoms with Crippen LogP contribution in [0.1, 0.15) is 5.76 Å². The molecular weight excluding hydrogens is 304 g/mol. The second-order valence-electron chi connectivity index (χ2n) is 4.98. The third-order valence-corrected chi connectivity index (χ3v) is 3.22. The van der Waals surface area contributed by atoms with Crippen LogP contribution in [0.3, 0.4) is 0 Å². The van der Waals surface area contributed by atoms with E-state index in [4.69, 9.17) is 4.42 Å². The molecule has 23 heavy (non-hydrogen) atoms. The first-order chi connectivity index (χ1) is 10.9. The molecule has 0 atom stereocenters. The van der Waals surface area contributed by atoms with Crippen molar-refractivity contribution < 1.29 is 13.9 Å². The predicted molar refractivity (Wildman–Crippen MR) is 76.7 cm³/mol. The number of furan rings is 1. The highest BCUT2D eigenvalue weighted by Crippen LogP contribution is 2.18. The number of hydrazone groups is 1. The van der Waals surface area contributed by atoms with Gasteiger partial charge in [0.05, 0.1) is 5.56 Å². The highest BCUT2D eigenvalue weighted by atomic mass is 16.3. The van der Waals surface area contributed by atoms with Gasteiger partial charge in [0.15, 0.2) is 5.76 Å². The zero-order valence-electron chi connectivity index (χ0n) is 13.0. The number of hydrogen-bond donors (Lipinski definition) is 1. The van der Waals surface area contributed by atoms with Crippen LogP contribution < -0.4 is 15.8 Å². The fourth-order valence-electron chi connectivity index (χ4n) is 2.04. The molecule has 3 heterocycles. The highest BCUT2D eigenvalue weighted by molar-refractivity contribution is 6.00. The van der Waals surface area contributed by atoms with Crippen molar-refractivity contribution in [2.24, 2.45) is 19.2 Å². The largest absolute Gasteiger partial charge is 0.539 e. The molecule has 3 rings (SSSR count). The molecule has 0 spiro atoms. The van der Waals surface area contributed by atoms with Crippen molar-refractivity contribution in [2.45, 2.75) is 0 Å². The number of carbonyl (C=O) groups is 1. The number of nitrogens with one attached hydrogen (secondary N) is 1. The van der Waals surface area contributed by atoms with Gasteiger partial charge in [0.25, 0.3) is 0 Å². The van der Waals surface area contributed by atoms with Crippen molar-refractivity contribution in [3.8, 4) is 11.4 Å². The molecule has 0 fully saturated rings. The van der Waals surface area contributed by atoms with Crippen molar-refractivity contribution in [3.63, 3.8) is 0 Å². The van der Waals surface area contributed by atoms with Crippen LogP contribution in [0.5, 0.6) is 0 Å². The Morgan fingerprint density at radius 3 is 2.65 bits per heavy atom. The number of amides is 2. The second-order valence-corrected chi connectivity index (χ2v) is 4.98. The number of aromatic nitrogens is 4. The molecule has 1 aliphatic rings. The molecule has 0 saturated heterocycles. The number of carbonyl (C=O) groups excluding carboxylic acids is 1. The molecule has 0 radical (unpaired) electrons. The number of amidine groups is 1. The van der Waals surface area contributed by atoms with Gasteiger partial charge >= 0.3 is 11.7 Å². The minimum Gasteiger partial charge on any atom is -0.460 e. The molecule has 11 nitrogen and oxygen atoms in total. The van der Waals surface area contributed by atoms with Crippen molar-refractivity contribution in [1.29, 1.82) is 0 Å². The molecule has 2 aromatic rings. The third-order valence-electron chi connectivity index (χ3n) is 3.22. The normalized spacial score (nSPS) is 14.8.